The molecule has 5 rings (SSSR count). The molecule has 1 atom stereocenters. The number of allylic oxidation sites excluding steroid dienone is 2. The maximum absolute atomic E-state index is 4.82. The van der Waals surface area contributed by atoms with Crippen molar-refractivity contribution in [2.24, 2.45) is 5.92 Å². The van der Waals surface area contributed by atoms with Crippen molar-refractivity contribution in [3.05, 3.63) is 95.5 Å². The maximum Gasteiger partial charge on any atom is 0.114 e. The Kier molecular flexibility index (Phi) is 3.46. The van der Waals surface area contributed by atoms with Gasteiger partial charge in [0.15, 0.2) is 0 Å². The van der Waals surface area contributed by atoms with Crippen molar-refractivity contribution in [1.82, 2.24) is 9.55 Å². The van der Waals surface area contributed by atoms with Crippen LogP contribution in [0.25, 0.3) is 17.0 Å². The van der Waals surface area contributed by atoms with Crippen LogP contribution in [0.4, 0.5) is 0 Å². The number of nitrogens with zero attached hydrogens (tertiary/aromatic N) is 2. The predicted molar refractivity (Wildman–Crippen MR) is 107 cm³/mol. The summed E-state index contributed by atoms with van der Waals surface area (Å²) in [7, 11) is 0. The number of aryl methyl sites for hydroxylation is 1. The average molecular weight is 338 g/mol. The van der Waals surface area contributed by atoms with Gasteiger partial charge in [-0.15, -0.1) is 0 Å². The molecule has 1 aliphatic carbocycles. The normalized spacial score (nSPS) is 18.8. The van der Waals surface area contributed by atoms with Gasteiger partial charge in [0.2, 0.25) is 0 Å². The van der Waals surface area contributed by atoms with E-state index in [1.165, 1.54) is 45.1 Å². The lowest BCUT2D eigenvalue weighted by Crippen LogP contribution is -2.19. The second-order valence-electron chi connectivity index (χ2n) is 7.54. The van der Waals surface area contributed by atoms with Crippen LogP contribution in [0.5, 0.6) is 0 Å². The zero-order valence-electron chi connectivity index (χ0n) is 15.1. The fraction of sp³-hybridized carbons (Fsp3) is 0.208. The molecule has 0 saturated heterocycles. The van der Waals surface area contributed by atoms with E-state index in [1.54, 1.807) is 0 Å². The second-order valence-corrected chi connectivity index (χ2v) is 7.54. The Morgan fingerprint density at radius 1 is 1.00 bits per heavy atom. The molecule has 1 unspecified atom stereocenters. The van der Waals surface area contributed by atoms with Crippen LogP contribution in [0.1, 0.15) is 29.8 Å². The molecule has 0 N–H and O–H groups in total. The van der Waals surface area contributed by atoms with Gasteiger partial charge in [-0.05, 0) is 42.9 Å². The highest BCUT2D eigenvalue weighted by atomic mass is 15.1. The van der Waals surface area contributed by atoms with E-state index in [-0.39, 0.29) is 0 Å². The van der Waals surface area contributed by atoms with Gasteiger partial charge >= 0.3 is 0 Å². The molecule has 1 saturated carbocycles. The van der Waals surface area contributed by atoms with Gasteiger partial charge < -0.3 is 0 Å². The van der Waals surface area contributed by atoms with Gasteiger partial charge in [-0.3, -0.25) is 4.57 Å². The summed E-state index contributed by atoms with van der Waals surface area (Å²) in [5, 5.41) is 0. The summed E-state index contributed by atoms with van der Waals surface area (Å²) in [6, 6.07) is 19.5. The SMILES string of the molecule is C=C1CC2=C(c3ccccc3)n3c(-c4cccc(C)c4)cnc3CC2C1. The van der Waals surface area contributed by atoms with E-state index >= 15 is 0 Å². The molecule has 0 bridgehead atoms. The third kappa shape index (κ3) is 2.37. The smallest absolute Gasteiger partial charge is 0.114 e. The van der Waals surface area contributed by atoms with Crippen molar-refractivity contribution >= 4 is 5.70 Å². The van der Waals surface area contributed by atoms with Crippen molar-refractivity contribution in [2.45, 2.75) is 26.2 Å². The molecule has 0 amide bonds. The highest BCUT2D eigenvalue weighted by molar-refractivity contribution is 5.78. The molecule has 2 nitrogen and oxygen atoms in total. The number of aromatic nitrogens is 2. The van der Waals surface area contributed by atoms with Crippen LogP contribution in [0.3, 0.4) is 0 Å². The molecule has 0 spiro atoms. The van der Waals surface area contributed by atoms with Crippen molar-refractivity contribution in [3.8, 4) is 11.3 Å². The Bertz CT molecular complexity index is 1040. The van der Waals surface area contributed by atoms with Gasteiger partial charge in [-0.2, -0.15) is 0 Å². The second kappa shape index (κ2) is 5.84. The number of hydrogen-bond acceptors (Lipinski definition) is 1. The molecule has 128 valence electrons. The predicted octanol–water partition coefficient (Wildman–Crippen LogP) is 5.64. The molecule has 2 heteroatoms. The Morgan fingerprint density at radius 2 is 1.81 bits per heavy atom. The van der Waals surface area contributed by atoms with Gasteiger partial charge in [0.1, 0.15) is 5.82 Å². The first-order chi connectivity index (χ1) is 12.7. The van der Waals surface area contributed by atoms with Crippen LogP contribution in [0.15, 0.2) is 78.5 Å². The third-order valence-corrected chi connectivity index (χ3v) is 5.62. The summed E-state index contributed by atoms with van der Waals surface area (Å²) in [6.45, 7) is 6.43. The van der Waals surface area contributed by atoms with Gasteiger partial charge in [-0.1, -0.05) is 66.2 Å². The largest absolute Gasteiger partial charge is 0.296 e. The number of benzene rings is 2. The van der Waals surface area contributed by atoms with Crippen molar-refractivity contribution in [3.63, 3.8) is 0 Å². The first-order valence-electron chi connectivity index (χ1n) is 9.30. The van der Waals surface area contributed by atoms with E-state index in [9.17, 15) is 0 Å². The van der Waals surface area contributed by atoms with Crippen molar-refractivity contribution in [2.75, 3.05) is 0 Å². The molecule has 26 heavy (non-hydrogen) atoms. The highest BCUT2D eigenvalue weighted by Crippen LogP contribution is 2.46. The molecule has 2 heterocycles. The van der Waals surface area contributed by atoms with Gasteiger partial charge in [-0.25, -0.2) is 4.98 Å². The van der Waals surface area contributed by atoms with Crippen LogP contribution in [0, 0.1) is 12.8 Å². The molecule has 0 radical (unpaired) electrons. The van der Waals surface area contributed by atoms with E-state index < -0.39 is 0 Å². The minimum atomic E-state index is 0.554. The quantitative estimate of drug-likeness (QED) is 0.553. The van der Waals surface area contributed by atoms with E-state index in [1.807, 2.05) is 6.20 Å². The summed E-state index contributed by atoms with van der Waals surface area (Å²) < 4.78 is 2.40. The van der Waals surface area contributed by atoms with E-state index in [0.717, 1.165) is 19.3 Å². The number of fused-ring (bicyclic) bond motifs is 2. The summed E-state index contributed by atoms with van der Waals surface area (Å²) in [5.74, 6) is 1.72. The van der Waals surface area contributed by atoms with E-state index in [4.69, 9.17) is 4.98 Å². The summed E-state index contributed by atoms with van der Waals surface area (Å²) >= 11 is 0. The number of rotatable bonds is 2. The summed E-state index contributed by atoms with van der Waals surface area (Å²) in [4.78, 5) is 4.82. The van der Waals surface area contributed by atoms with Crippen LogP contribution < -0.4 is 0 Å². The van der Waals surface area contributed by atoms with Gasteiger partial charge in [0.25, 0.3) is 0 Å². The third-order valence-electron chi connectivity index (χ3n) is 5.62. The summed E-state index contributed by atoms with van der Waals surface area (Å²) in [6.07, 6.45) is 5.16. The topological polar surface area (TPSA) is 17.8 Å². The fourth-order valence-corrected chi connectivity index (χ4v) is 4.50. The molecule has 2 aromatic carbocycles. The zero-order valence-corrected chi connectivity index (χ0v) is 15.1. The minimum absolute atomic E-state index is 0.554. The van der Waals surface area contributed by atoms with Crippen LogP contribution in [-0.4, -0.2) is 9.55 Å². The van der Waals surface area contributed by atoms with Gasteiger partial charge in [0, 0.05) is 12.0 Å². The van der Waals surface area contributed by atoms with Gasteiger partial charge in [0.05, 0.1) is 17.6 Å². The maximum atomic E-state index is 4.82. The van der Waals surface area contributed by atoms with E-state index in [0.29, 0.717) is 5.92 Å². The lowest BCUT2D eigenvalue weighted by atomic mass is 9.90. The summed E-state index contributed by atoms with van der Waals surface area (Å²) in [5.41, 5.74) is 9.16. The monoisotopic (exact) mass is 338 g/mol. The van der Waals surface area contributed by atoms with Crippen LogP contribution >= 0.6 is 0 Å². The standard InChI is InChI=1S/C24H22N2/c1-16-7-6-10-19(11-16)22-15-25-23-14-20-12-17(2)13-21(20)24(26(22)23)18-8-4-3-5-9-18/h3-11,15,20H,2,12-14H2,1H3. The number of hydrogen-bond donors (Lipinski definition) is 0. The molecule has 1 fully saturated rings. The molecular formula is C24H22N2. The lowest BCUT2D eigenvalue weighted by Gasteiger charge is -2.27. The Balaban J connectivity index is 1.78. The Labute approximate surface area is 154 Å². The lowest BCUT2D eigenvalue weighted by molar-refractivity contribution is 0.600. The highest BCUT2D eigenvalue weighted by Gasteiger charge is 2.34. The molecule has 1 aromatic heterocycles. The molecule has 2 aliphatic rings. The number of imidazole rings is 1. The van der Waals surface area contributed by atoms with Crippen molar-refractivity contribution < 1.29 is 0 Å². The average Bonchev–Trinajstić information content (AvgIpc) is 3.22. The first-order valence-corrected chi connectivity index (χ1v) is 9.30. The molecular weight excluding hydrogens is 316 g/mol. The Morgan fingerprint density at radius 3 is 2.62 bits per heavy atom. The minimum Gasteiger partial charge on any atom is -0.296 e. The van der Waals surface area contributed by atoms with Crippen molar-refractivity contribution in [1.29, 1.82) is 0 Å². The molecule has 1 aliphatic heterocycles. The molecule has 3 aromatic rings. The first kappa shape index (κ1) is 15.4. The van der Waals surface area contributed by atoms with E-state index in [2.05, 4.69) is 72.7 Å². The van der Waals surface area contributed by atoms with Crippen LogP contribution in [-0.2, 0) is 6.42 Å². The zero-order chi connectivity index (χ0) is 17.7. The Hall–Kier alpha value is -2.87. The fourth-order valence-electron chi connectivity index (χ4n) is 4.50. The van der Waals surface area contributed by atoms with Crippen LogP contribution in [0.2, 0.25) is 0 Å².